The van der Waals surface area contributed by atoms with Crippen LogP contribution in [0.3, 0.4) is 0 Å². The Hall–Kier alpha value is -2.40. The molecule has 0 aromatic heterocycles. The van der Waals surface area contributed by atoms with E-state index in [9.17, 15) is 4.79 Å². The first kappa shape index (κ1) is 17.9. The summed E-state index contributed by atoms with van der Waals surface area (Å²) in [6.07, 6.45) is -0.663. The number of benzene rings is 2. The maximum Gasteiger partial charge on any atom is 0.265 e. The van der Waals surface area contributed by atoms with E-state index in [0.717, 1.165) is 5.75 Å². The summed E-state index contributed by atoms with van der Waals surface area (Å²) in [5, 5.41) is 3.18. The van der Waals surface area contributed by atoms with E-state index in [1.54, 1.807) is 49.4 Å². The SMILES string of the molecule is CCOc1ccc(OC(C)C(=O)Nc2ccc(OC)c(Cl)c2)cc1. The quantitative estimate of drug-likeness (QED) is 0.815. The summed E-state index contributed by atoms with van der Waals surface area (Å²) in [4.78, 5) is 12.2. The number of carbonyl (C=O) groups excluding carboxylic acids is 1. The molecule has 0 saturated heterocycles. The van der Waals surface area contributed by atoms with Crippen molar-refractivity contribution in [1.29, 1.82) is 0 Å². The third kappa shape index (κ3) is 4.80. The Kier molecular flexibility index (Phi) is 6.32. The van der Waals surface area contributed by atoms with Crippen molar-refractivity contribution in [1.82, 2.24) is 0 Å². The van der Waals surface area contributed by atoms with Crippen molar-refractivity contribution in [2.24, 2.45) is 0 Å². The van der Waals surface area contributed by atoms with Crippen molar-refractivity contribution in [3.63, 3.8) is 0 Å². The van der Waals surface area contributed by atoms with Gasteiger partial charge in [-0.25, -0.2) is 0 Å². The molecule has 0 fully saturated rings. The highest BCUT2D eigenvalue weighted by molar-refractivity contribution is 6.32. The standard InChI is InChI=1S/C18H20ClNO4/c1-4-23-14-6-8-15(9-7-14)24-12(2)18(21)20-13-5-10-17(22-3)16(19)11-13/h5-12H,4H2,1-3H3,(H,20,21). The third-order valence-corrected chi connectivity index (χ3v) is 3.53. The molecular weight excluding hydrogens is 330 g/mol. The molecule has 2 aromatic rings. The van der Waals surface area contributed by atoms with Crippen LogP contribution in [-0.2, 0) is 4.79 Å². The molecule has 6 heteroatoms. The zero-order valence-electron chi connectivity index (χ0n) is 13.8. The first-order valence-electron chi connectivity index (χ1n) is 7.57. The van der Waals surface area contributed by atoms with Gasteiger partial charge in [0.25, 0.3) is 5.91 Å². The van der Waals surface area contributed by atoms with Gasteiger partial charge in [-0.1, -0.05) is 11.6 Å². The molecule has 24 heavy (non-hydrogen) atoms. The van der Waals surface area contributed by atoms with E-state index < -0.39 is 6.10 Å². The van der Waals surface area contributed by atoms with Crippen LogP contribution in [0.1, 0.15) is 13.8 Å². The number of amides is 1. The van der Waals surface area contributed by atoms with Crippen LogP contribution in [0, 0.1) is 0 Å². The van der Waals surface area contributed by atoms with Crippen molar-refractivity contribution in [3.05, 3.63) is 47.5 Å². The minimum Gasteiger partial charge on any atom is -0.495 e. The second kappa shape index (κ2) is 8.45. The fourth-order valence-electron chi connectivity index (χ4n) is 2.03. The van der Waals surface area contributed by atoms with Gasteiger partial charge < -0.3 is 19.5 Å². The average molecular weight is 350 g/mol. The number of rotatable bonds is 7. The molecule has 5 nitrogen and oxygen atoms in total. The van der Waals surface area contributed by atoms with Crippen molar-refractivity contribution in [2.75, 3.05) is 19.0 Å². The smallest absolute Gasteiger partial charge is 0.265 e. The Bertz CT molecular complexity index is 688. The van der Waals surface area contributed by atoms with Crippen LogP contribution in [0.2, 0.25) is 5.02 Å². The zero-order chi connectivity index (χ0) is 17.5. The molecule has 0 radical (unpaired) electrons. The highest BCUT2D eigenvalue weighted by Gasteiger charge is 2.15. The van der Waals surface area contributed by atoms with E-state index in [0.29, 0.717) is 28.8 Å². The highest BCUT2D eigenvalue weighted by Crippen LogP contribution is 2.27. The minimum atomic E-state index is -0.663. The van der Waals surface area contributed by atoms with Gasteiger partial charge in [0.1, 0.15) is 17.2 Å². The number of hydrogen-bond donors (Lipinski definition) is 1. The average Bonchev–Trinajstić information content (AvgIpc) is 2.57. The molecule has 1 N–H and O–H groups in total. The van der Waals surface area contributed by atoms with Gasteiger partial charge in [-0.15, -0.1) is 0 Å². The molecular formula is C18H20ClNO4. The van der Waals surface area contributed by atoms with Crippen LogP contribution in [0.4, 0.5) is 5.69 Å². The van der Waals surface area contributed by atoms with Crippen LogP contribution in [0.25, 0.3) is 0 Å². The lowest BCUT2D eigenvalue weighted by atomic mass is 10.2. The number of hydrogen-bond acceptors (Lipinski definition) is 4. The fourth-order valence-corrected chi connectivity index (χ4v) is 2.28. The summed E-state index contributed by atoms with van der Waals surface area (Å²) in [5.41, 5.74) is 0.577. The normalized spacial score (nSPS) is 11.5. The summed E-state index contributed by atoms with van der Waals surface area (Å²) < 4.78 is 16.1. The van der Waals surface area contributed by atoms with Gasteiger partial charge in [-0.05, 0) is 56.3 Å². The number of anilines is 1. The van der Waals surface area contributed by atoms with Crippen molar-refractivity contribution >= 4 is 23.2 Å². The number of methoxy groups -OCH3 is 1. The monoisotopic (exact) mass is 349 g/mol. The summed E-state index contributed by atoms with van der Waals surface area (Å²) >= 11 is 6.04. The predicted molar refractivity (Wildman–Crippen MR) is 94.3 cm³/mol. The molecule has 0 heterocycles. The fraction of sp³-hybridized carbons (Fsp3) is 0.278. The summed E-state index contributed by atoms with van der Waals surface area (Å²) in [7, 11) is 1.53. The van der Waals surface area contributed by atoms with Crippen LogP contribution in [0.5, 0.6) is 17.2 Å². The molecule has 2 rings (SSSR count). The van der Waals surface area contributed by atoms with Crippen LogP contribution in [-0.4, -0.2) is 25.7 Å². The first-order chi connectivity index (χ1) is 11.5. The van der Waals surface area contributed by atoms with Gasteiger partial charge in [0.05, 0.1) is 18.7 Å². The molecule has 0 aliphatic rings. The lowest BCUT2D eigenvalue weighted by molar-refractivity contribution is -0.122. The molecule has 1 amide bonds. The predicted octanol–water partition coefficient (Wildman–Crippen LogP) is 4.15. The molecule has 0 spiro atoms. The van der Waals surface area contributed by atoms with Crippen LogP contribution >= 0.6 is 11.6 Å². The number of nitrogens with one attached hydrogen (secondary N) is 1. The first-order valence-corrected chi connectivity index (χ1v) is 7.95. The van der Waals surface area contributed by atoms with Gasteiger partial charge in [-0.3, -0.25) is 4.79 Å². The third-order valence-electron chi connectivity index (χ3n) is 3.24. The molecule has 2 aromatic carbocycles. The molecule has 1 unspecified atom stereocenters. The van der Waals surface area contributed by atoms with E-state index >= 15 is 0 Å². The molecule has 1 atom stereocenters. The van der Waals surface area contributed by atoms with E-state index in [-0.39, 0.29) is 5.91 Å². The molecule has 0 bridgehead atoms. The van der Waals surface area contributed by atoms with Gasteiger partial charge >= 0.3 is 0 Å². The van der Waals surface area contributed by atoms with Crippen molar-refractivity contribution < 1.29 is 19.0 Å². The number of halogens is 1. The second-order valence-corrected chi connectivity index (χ2v) is 5.41. The molecule has 0 aliphatic carbocycles. The largest absolute Gasteiger partial charge is 0.495 e. The van der Waals surface area contributed by atoms with Crippen LogP contribution in [0.15, 0.2) is 42.5 Å². The lowest BCUT2D eigenvalue weighted by Crippen LogP contribution is -2.30. The molecule has 128 valence electrons. The molecule has 0 saturated carbocycles. The maximum absolute atomic E-state index is 12.2. The summed E-state index contributed by atoms with van der Waals surface area (Å²) in [6, 6.07) is 12.2. The van der Waals surface area contributed by atoms with Gasteiger partial charge in [-0.2, -0.15) is 0 Å². The Morgan fingerprint density at radius 1 is 1.17 bits per heavy atom. The Labute approximate surface area is 146 Å². The van der Waals surface area contributed by atoms with E-state index in [1.165, 1.54) is 7.11 Å². The van der Waals surface area contributed by atoms with Gasteiger partial charge in [0.15, 0.2) is 6.10 Å². The lowest BCUT2D eigenvalue weighted by Gasteiger charge is -2.15. The van der Waals surface area contributed by atoms with E-state index in [4.69, 9.17) is 25.8 Å². The van der Waals surface area contributed by atoms with Crippen LogP contribution < -0.4 is 19.5 Å². The van der Waals surface area contributed by atoms with Gasteiger partial charge in [0, 0.05) is 5.69 Å². The highest BCUT2D eigenvalue weighted by atomic mass is 35.5. The Morgan fingerprint density at radius 3 is 2.42 bits per heavy atom. The summed E-state index contributed by atoms with van der Waals surface area (Å²) in [5.74, 6) is 1.63. The Balaban J connectivity index is 1.95. The summed E-state index contributed by atoms with van der Waals surface area (Å²) in [6.45, 7) is 4.20. The zero-order valence-corrected chi connectivity index (χ0v) is 14.6. The molecule has 0 aliphatic heterocycles. The van der Waals surface area contributed by atoms with Crippen molar-refractivity contribution in [2.45, 2.75) is 20.0 Å². The maximum atomic E-state index is 12.2. The second-order valence-electron chi connectivity index (χ2n) is 5.00. The van der Waals surface area contributed by atoms with Crippen molar-refractivity contribution in [3.8, 4) is 17.2 Å². The van der Waals surface area contributed by atoms with Gasteiger partial charge in [0.2, 0.25) is 0 Å². The van der Waals surface area contributed by atoms with E-state index in [1.807, 2.05) is 6.92 Å². The number of ether oxygens (including phenoxy) is 3. The van der Waals surface area contributed by atoms with E-state index in [2.05, 4.69) is 5.32 Å². The Morgan fingerprint density at radius 2 is 1.83 bits per heavy atom. The number of carbonyl (C=O) groups is 1. The minimum absolute atomic E-state index is 0.273. The topological polar surface area (TPSA) is 56.8 Å².